The van der Waals surface area contributed by atoms with Crippen LogP contribution in [0.1, 0.15) is 18.4 Å². The molecule has 1 aliphatic rings. The molecule has 1 aromatic carbocycles. The van der Waals surface area contributed by atoms with Crippen molar-refractivity contribution in [2.45, 2.75) is 19.3 Å². The Morgan fingerprint density at radius 2 is 2.26 bits per heavy atom. The van der Waals surface area contributed by atoms with Crippen LogP contribution in [0.5, 0.6) is 0 Å². The number of hydrogen-bond acceptors (Lipinski definition) is 3. The van der Waals surface area contributed by atoms with E-state index in [1.54, 1.807) is 4.90 Å². The third kappa shape index (κ3) is 3.98. The molecular weight excluding hydrogens is 242 g/mol. The topological polar surface area (TPSA) is 75.4 Å². The van der Waals surface area contributed by atoms with Crippen LogP contribution in [0.4, 0.5) is 5.69 Å². The van der Waals surface area contributed by atoms with Crippen molar-refractivity contribution >= 4 is 17.5 Å². The average molecular weight is 261 g/mol. The molecule has 0 aromatic heterocycles. The predicted molar refractivity (Wildman–Crippen MR) is 73.4 cm³/mol. The molecule has 5 nitrogen and oxygen atoms in total. The molecule has 1 fully saturated rings. The smallest absolute Gasteiger partial charge is 0.239 e. The van der Waals surface area contributed by atoms with Crippen LogP contribution in [0.15, 0.2) is 24.3 Å². The van der Waals surface area contributed by atoms with Crippen molar-refractivity contribution in [3.63, 3.8) is 0 Å². The van der Waals surface area contributed by atoms with E-state index < -0.39 is 0 Å². The van der Waals surface area contributed by atoms with Gasteiger partial charge in [0.05, 0.1) is 6.54 Å². The minimum absolute atomic E-state index is 0.0273. The van der Waals surface area contributed by atoms with Gasteiger partial charge in [0.25, 0.3) is 0 Å². The van der Waals surface area contributed by atoms with Gasteiger partial charge in [0.15, 0.2) is 0 Å². The zero-order chi connectivity index (χ0) is 13.7. The fraction of sp³-hybridized carbons (Fsp3) is 0.429. The van der Waals surface area contributed by atoms with E-state index >= 15 is 0 Å². The predicted octanol–water partition coefficient (Wildman–Crippen LogP) is 0.550. The number of rotatable bonds is 3. The minimum atomic E-state index is -0.0743. The number of aryl methyl sites for hydroxylation is 1. The number of hydrogen-bond donors (Lipinski definition) is 2. The summed E-state index contributed by atoms with van der Waals surface area (Å²) < 4.78 is 0. The van der Waals surface area contributed by atoms with Crippen molar-refractivity contribution in [2.24, 2.45) is 0 Å². The fourth-order valence-electron chi connectivity index (χ4n) is 2.18. The van der Waals surface area contributed by atoms with Crippen molar-refractivity contribution in [3.8, 4) is 0 Å². The van der Waals surface area contributed by atoms with Crippen molar-refractivity contribution in [2.75, 3.05) is 25.4 Å². The summed E-state index contributed by atoms with van der Waals surface area (Å²) in [6.07, 6.45) is 1.88. The first-order valence-corrected chi connectivity index (χ1v) is 6.54. The molecule has 0 aliphatic carbocycles. The normalized spacial score (nSPS) is 15.8. The molecule has 0 saturated carbocycles. The lowest BCUT2D eigenvalue weighted by Gasteiger charge is -2.18. The van der Waals surface area contributed by atoms with Crippen molar-refractivity contribution in [3.05, 3.63) is 29.8 Å². The molecule has 1 aromatic rings. The highest BCUT2D eigenvalue weighted by atomic mass is 16.2. The molecule has 2 rings (SSSR count). The molecule has 102 valence electrons. The van der Waals surface area contributed by atoms with E-state index in [2.05, 4.69) is 5.32 Å². The van der Waals surface area contributed by atoms with Crippen molar-refractivity contribution in [1.29, 1.82) is 0 Å². The second-order valence-corrected chi connectivity index (χ2v) is 4.76. The quantitative estimate of drug-likeness (QED) is 0.780. The van der Waals surface area contributed by atoms with E-state index in [1.807, 2.05) is 24.3 Å². The number of benzene rings is 1. The maximum absolute atomic E-state index is 12.1. The summed E-state index contributed by atoms with van der Waals surface area (Å²) >= 11 is 0. The Hall–Kier alpha value is -2.04. The SMILES string of the molecule is Nc1cccc(CCC(=O)N2CCCNC(=O)C2)c1. The lowest BCUT2D eigenvalue weighted by atomic mass is 10.1. The lowest BCUT2D eigenvalue weighted by Crippen LogP contribution is -2.37. The first kappa shape index (κ1) is 13.4. The second kappa shape index (κ2) is 6.22. The summed E-state index contributed by atoms with van der Waals surface area (Å²) in [5, 5.41) is 2.76. The van der Waals surface area contributed by atoms with Gasteiger partial charge < -0.3 is 16.0 Å². The van der Waals surface area contributed by atoms with Gasteiger partial charge in [0.2, 0.25) is 11.8 Å². The van der Waals surface area contributed by atoms with E-state index in [9.17, 15) is 9.59 Å². The summed E-state index contributed by atoms with van der Waals surface area (Å²) in [5.74, 6) is -0.0470. The van der Waals surface area contributed by atoms with Crippen LogP contribution in [0.2, 0.25) is 0 Å². The second-order valence-electron chi connectivity index (χ2n) is 4.76. The van der Waals surface area contributed by atoms with Gasteiger partial charge in [0.1, 0.15) is 0 Å². The van der Waals surface area contributed by atoms with Crippen LogP contribution >= 0.6 is 0 Å². The molecule has 1 heterocycles. The summed E-state index contributed by atoms with van der Waals surface area (Å²) in [5.41, 5.74) is 7.45. The number of amides is 2. The number of carbonyl (C=O) groups is 2. The van der Waals surface area contributed by atoms with Gasteiger partial charge in [0, 0.05) is 25.2 Å². The first-order valence-electron chi connectivity index (χ1n) is 6.54. The highest BCUT2D eigenvalue weighted by Crippen LogP contribution is 2.10. The highest BCUT2D eigenvalue weighted by molar-refractivity contribution is 5.85. The van der Waals surface area contributed by atoms with Crippen LogP contribution < -0.4 is 11.1 Å². The monoisotopic (exact) mass is 261 g/mol. The van der Waals surface area contributed by atoms with Gasteiger partial charge in [-0.2, -0.15) is 0 Å². The van der Waals surface area contributed by atoms with Gasteiger partial charge in [-0.15, -0.1) is 0 Å². The molecule has 0 radical (unpaired) electrons. The Morgan fingerprint density at radius 1 is 1.42 bits per heavy atom. The number of carbonyl (C=O) groups excluding carboxylic acids is 2. The molecule has 1 aliphatic heterocycles. The van der Waals surface area contributed by atoms with Gasteiger partial charge in [-0.25, -0.2) is 0 Å². The molecule has 0 atom stereocenters. The zero-order valence-corrected chi connectivity index (χ0v) is 10.9. The van der Waals surface area contributed by atoms with Gasteiger partial charge in [-0.3, -0.25) is 9.59 Å². The molecule has 5 heteroatoms. The van der Waals surface area contributed by atoms with E-state index in [0.29, 0.717) is 31.6 Å². The Bertz CT molecular complexity index is 474. The molecule has 19 heavy (non-hydrogen) atoms. The number of nitrogens with one attached hydrogen (secondary N) is 1. The standard InChI is InChI=1S/C14H19N3O2/c15-12-4-1-3-11(9-12)5-6-14(19)17-8-2-7-16-13(18)10-17/h1,3-4,9H,2,5-8,10,15H2,(H,16,18). The third-order valence-corrected chi connectivity index (χ3v) is 3.19. The Labute approximate surface area is 112 Å². The molecule has 0 bridgehead atoms. The average Bonchev–Trinajstić information content (AvgIpc) is 2.61. The van der Waals surface area contributed by atoms with Crippen molar-refractivity contribution < 1.29 is 9.59 Å². The van der Waals surface area contributed by atoms with E-state index in [0.717, 1.165) is 12.0 Å². The summed E-state index contributed by atoms with van der Waals surface area (Å²) in [6.45, 7) is 1.47. The van der Waals surface area contributed by atoms with E-state index in [-0.39, 0.29) is 18.4 Å². The number of nitrogen functional groups attached to an aromatic ring is 1. The first-order chi connectivity index (χ1) is 9.15. The molecule has 0 spiro atoms. The largest absolute Gasteiger partial charge is 0.399 e. The zero-order valence-electron chi connectivity index (χ0n) is 10.9. The van der Waals surface area contributed by atoms with Crippen LogP contribution in [0, 0.1) is 0 Å². The van der Waals surface area contributed by atoms with Gasteiger partial charge >= 0.3 is 0 Å². The third-order valence-electron chi connectivity index (χ3n) is 3.19. The Morgan fingerprint density at radius 3 is 3.05 bits per heavy atom. The molecular formula is C14H19N3O2. The molecule has 2 amide bonds. The number of nitrogens with zero attached hydrogens (tertiary/aromatic N) is 1. The van der Waals surface area contributed by atoms with Gasteiger partial charge in [-0.1, -0.05) is 12.1 Å². The van der Waals surface area contributed by atoms with Crippen LogP contribution in [0.3, 0.4) is 0 Å². The Kier molecular flexibility index (Phi) is 4.39. The van der Waals surface area contributed by atoms with E-state index in [1.165, 1.54) is 0 Å². The fourth-order valence-corrected chi connectivity index (χ4v) is 2.18. The molecule has 0 unspecified atom stereocenters. The summed E-state index contributed by atoms with van der Waals surface area (Å²) in [4.78, 5) is 25.1. The molecule has 1 saturated heterocycles. The van der Waals surface area contributed by atoms with E-state index in [4.69, 9.17) is 5.73 Å². The maximum Gasteiger partial charge on any atom is 0.239 e. The van der Waals surface area contributed by atoms with Crippen LogP contribution in [-0.2, 0) is 16.0 Å². The number of nitrogens with two attached hydrogens (primary N) is 1. The van der Waals surface area contributed by atoms with Crippen LogP contribution in [0.25, 0.3) is 0 Å². The van der Waals surface area contributed by atoms with Crippen LogP contribution in [-0.4, -0.2) is 36.3 Å². The number of anilines is 1. The maximum atomic E-state index is 12.1. The Balaban J connectivity index is 1.88. The summed E-state index contributed by atoms with van der Waals surface area (Å²) in [7, 11) is 0. The van der Waals surface area contributed by atoms with Gasteiger partial charge in [-0.05, 0) is 30.5 Å². The minimum Gasteiger partial charge on any atom is -0.399 e. The lowest BCUT2D eigenvalue weighted by molar-refractivity contribution is -0.135. The highest BCUT2D eigenvalue weighted by Gasteiger charge is 2.19. The van der Waals surface area contributed by atoms with Crippen molar-refractivity contribution in [1.82, 2.24) is 10.2 Å². The summed E-state index contributed by atoms with van der Waals surface area (Å²) in [6, 6.07) is 7.54. The molecule has 3 N–H and O–H groups in total.